The minimum atomic E-state index is 0.719. The van der Waals surface area contributed by atoms with Crippen molar-refractivity contribution in [3.8, 4) is 0 Å². The highest BCUT2D eigenvalue weighted by atomic mass is 32.1. The van der Waals surface area contributed by atoms with Gasteiger partial charge in [-0.15, -0.1) is 0 Å². The molecule has 0 spiro atoms. The van der Waals surface area contributed by atoms with Gasteiger partial charge in [0.1, 0.15) is 0 Å². The zero-order valence-electron chi connectivity index (χ0n) is 8.68. The molecule has 0 bridgehead atoms. The highest BCUT2D eigenvalue weighted by molar-refractivity contribution is 7.71. The SMILES string of the molecule is CC1=C(C)C(Cc2c[nH]c(=S)[nH]2)CC1. The number of hydrogen-bond acceptors (Lipinski definition) is 1. The van der Waals surface area contributed by atoms with Crippen LogP contribution < -0.4 is 0 Å². The third kappa shape index (κ3) is 1.82. The van der Waals surface area contributed by atoms with E-state index in [1.807, 2.05) is 6.20 Å². The van der Waals surface area contributed by atoms with Gasteiger partial charge in [-0.2, -0.15) is 0 Å². The van der Waals surface area contributed by atoms with Crippen LogP contribution in [0.15, 0.2) is 17.3 Å². The Kier molecular flexibility index (Phi) is 2.59. The average molecular weight is 208 g/mol. The van der Waals surface area contributed by atoms with E-state index in [9.17, 15) is 0 Å². The van der Waals surface area contributed by atoms with Gasteiger partial charge in [0, 0.05) is 11.9 Å². The second-order valence-corrected chi connectivity index (χ2v) is 4.58. The summed E-state index contributed by atoms with van der Waals surface area (Å²) in [6.45, 7) is 4.50. The van der Waals surface area contributed by atoms with Gasteiger partial charge >= 0.3 is 0 Å². The first kappa shape index (κ1) is 9.71. The zero-order chi connectivity index (χ0) is 10.1. The van der Waals surface area contributed by atoms with Crippen molar-refractivity contribution in [2.75, 3.05) is 0 Å². The van der Waals surface area contributed by atoms with Gasteiger partial charge in [0.15, 0.2) is 4.77 Å². The molecular formula is C11H16N2S. The molecular weight excluding hydrogens is 192 g/mol. The first-order valence-corrected chi connectivity index (χ1v) is 5.50. The summed E-state index contributed by atoms with van der Waals surface area (Å²) in [5.74, 6) is 0.719. The summed E-state index contributed by atoms with van der Waals surface area (Å²) in [5.41, 5.74) is 4.38. The van der Waals surface area contributed by atoms with E-state index in [-0.39, 0.29) is 0 Å². The third-order valence-electron chi connectivity index (χ3n) is 3.27. The molecule has 1 aromatic heterocycles. The number of imidazole rings is 1. The van der Waals surface area contributed by atoms with Crippen molar-refractivity contribution >= 4 is 12.2 Å². The van der Waals surface area contributed by atoms with E-state index >= 15 is 0 Å². The predicted octanol–water partition coefficient (Wildman–Crippen LogP) is 3.36. The molecule has 1 aromatic rings. The minimum absolute atomic E-state index is 0.719. The fourth-order valence-corrected chi connectivity index (χ4v) is 2.34. The van der Waals surface area contributed by atoms with E-state index in [0.29, 0.717) is 0 Å². The number of aromatic nitrogens is 2. The van der Waals surface area contributed by atoms with Crippen LogP contribution in [0.5, 0.6) is 0 Å². The van der Waals surface area contributed by atoms with Gasteiger partial charge in [0.25, 0.3) is 0 Å². The second kappa shape index (κ2) is 3.73. The van der Waals surface area contributed by atoms with Crippen molar-refractivity contribution in [2.24, 2.45) is 5.92 Å². The van der Waals surface area contributed by atoms with Gasteiger partial charge in [0.05, 0.1) is 0 Å². The van der Waals surface area contributed by atoms with Gasteiger partial charge in [0.2, 0.25) is 0 Å². The fourth-order valence-electron chi connectivity index (χ4n) is 2.15. The van der Waals surface area contributed by atoms with Crippen LogP contribution in [0.2, 0.25) is 0 Å². The molecule has 1 heterocycles. The van der Waals surface area contributed by atoms with E-state index in [1.165, 1.54) is 18.5 Å². The average Bonchev–Trinajstić information content (AvgIpc) is 2.67. The van der Waals surface area contributed by atoms with E-state index < -0.39 is 0 Å². The van der Waals surface area contributed by atoms with Crippen LogP contribution in [-0.2, 0) is 6.42 Å². The van der Waals surface area contributed by atoms with Gasteiger partial charge in [-0.3, -0.25) is 0 Å². The Morgan fingerprint density at radius 3 is 2.79 bits per heavy atom. The van der Waals surface area contributed by atoms with Crippen LogP contribution in [0.4, 0.5) is 0 Å². The van der Waals surface area contributed by atoms with Crippen LogP contribution in [0.1, 0.15) is 32.4 Å². The molecule has 2 nitrogen and oxygen atoms in total. The monoisotopic (exact) mass is 208 g/mol. The highest BCUT2D eigenvalue weighted by Crippen LogP contribution is 2.33. The molecule has 76 valence electrons. The van der Waals surface area contributed by atoms with Crippen LogP contribution >= 0.6 is 12.2 Å². The topological polar surface area (TPSA) is 31.6 Å². The number of nitrogens with one attached hydrogen (secondary N) is 2. The molecule has 14 heavy (non-hydrogen) atoms. The predicted molar refractivity (Wildman–Crippen MR) is 60.8 cm³/mol. The summed E-state index contributed by atoms with van der Waals surface area (Å²) in [5, 5.41) is 0. The first-order valence-electron chi connectivity index (χ1n) is 5.09. The Labute approximate surface area is 89.4 Å². The maximum absolute atomic E-state index is 5.00. The van der Waals surface area contributed by atoms with E-state index in [2.05, 4.69) is 23.8 Å². The van der Waals surface area contributed by atoms with Crippen LogP contribution in [0, 0.1) is 10.7 Å². The molecule has 0 aromatic carbocycles. The van der Waals surface area contributed by atoms with Crippen LogP contribution in [-0.4, -0.2) is 9.97 Å². The Hall–Kier alpha value is -0.830. The molecule has 2 N–H and O–H groups in total. The summed E-state index contributed by atoms with van der Waals surface area (Å²) >= 11 is 5.00. The van der Waals surface area contributed by atoms with Crippen molar-refractivity contribution < 1.29 is 0 Å². The van der Waals surface area contributed by atoms with E-state index in [4.69, 9.17) is 12.2 Å². The number of rotatable bonds is 2. The van der Waals surface area contributed by atoms with Crippen molar-refractivity contribution in [1.82, 2.24) is 9.97 Å². The van der Waals surface area contributed by atoms with E-state index in [0.717, 1.165) is 17.1 Å². The molecule has 3 heteroatoms. The number of aromatic amines is 2. The summed E-state index contributed by atoms with van der Waals surface area (Å²) in [6.07, 6.45) is 5.64. The second-order valence-electron chi connectivity index (χ2n) is 4.17. The van der Waals surface area contributed by atoms with Gasteiger partial charge < -0.3 is 9.97 Å². The molecule has 0 aliphatic heterocycles. The fraction of sp³-hybridized carbons (Fsp3) is 0.545. The summed E-state index contributed by atoms with van der Waals surface area (Å²) < 4.78 is 0.733. The minimum Gasteiger partial charge on any atom is -0.337 e. The Balaban J connectivity index is 2.10. The lowest BCUT2D eigenvalue weighted by Crippen LogP contribution is -2.02. The Morgan fingerprint density at radius 2 is 2.29 bits per heavy atom. The lowest BCUT2D eigenvalue weighted by atomic mass is 9.97. The first-order chi connectivity index (χ1) is 6.66. The number of hydrogen-bond donors (Lipinski definition) is 2. The molecule has 0 saturated heterocycles. The van der Waals surface area contributed by atoms with Crippen molar-refractivity contribution in [2.45, 2.75) is 33.1 Å². The lowest BCUT2D eigenvalue weighted by molar-refractivity contribution is 0.594. The molecule has 2 rings (SSSR count). The maximum Gasteiger partial charge on any atom is 0.174 e. The quantitative estimate of drug-likeness (QED) is 0.567. The zero-order valence-corrected chi connectivity index (χ0v) is 9.50. The van der Waals surface area contributed by atoms with Crippen molar-refractivity contribution in [3.63, 3.8) is 0 Å². The molecule has 0 saturated carbocycles. The van der Waals surface area contributed by atoms with Crippen molar-refractivity contribution in [1.29, 1.82) is 0 Å². The molecule has 0 fully saturated rings. The van der Waals surface area contributed by atoms with Gasteiger partial charge in [-0.1, -0.05) is 11.1 Å². The molecule has 1 atom stereocenters. The molecule has 0 amide bonds. The number of H-pyrrole nitrogens is 2. The Bertz CT molecular complexity index is 411. The van der Waals surface area contributed by atoms with E-state index in [1.54, 1.807) is 11.1 Å². The smallest absolute Gasteiger partial charge is 0.174 e. The maximum atomic E-state index is 5.00. The van der Waals surface area contributed by atoms with Crippen LogP contribution in [0.3, 0.4) is 0 Å². The summed E-state index contributed by atoms with van der Waals surface area (Å²) in [6, 6.07) is 0. The van der Waals surface area contributed by atoms with Crippen LogP contribution in [0.25, 0.3) is 0 Å². The third-order valence-corrected chi connectivity index (χ3v) is 3.49. The summed E-state index contributed by atoms with van der Waals surface area (Å²) in [7, 11) is 0. The lowest BCUT2D eigenvalue weighted by Gasteiger charge is -2.09. The normalized spacial score (nSPS) is 22.0. The Morgan fingerprint density at radius 1 is 1.50 bits per heavy atom. The summed E-state index contributed by atoms with van der Waals surface area (Å²) in [4.78, 5) is 6.19. The standard InChI is InChI=1S/C11H16N2S/c1-7-3-4-9(8(7)2)5-10-6-12-11(14)13-10/h6,9H,3-5H2,1-2H3,(H2,12,13,14). The van der Waals surface area contributed by atoms with Gasteiger partial charge in [-0.05, 0) is 51.2 Å². The molecule has 1 aliphatic carbocycles. The molecule has 1 unspecified atom stereocenters. The number of allylic oxidation sites excluding steroid dienone is 2. The molecule has 1 aliphatic rings. The largest absolute Gasteiger partial charge is 0.337 e. The highest BCUT2D eigenvalue weighted by Gasteiger charge is 2.20. The van der Waals surface area contributed by atoms with Crippen molar-refractivity contribution in [3.05, 3.63) is 27.8 Å². The van der Waals surface area contributed by atoms with Gasteiger partial charge in [-0.25, -0.2) is 0 Å². The molecule has 0 radical (unpaired) electrons.